The molecule has 1 amide bonds. The minimum Gasteiger partial charge on any atom is -0.455 e. The Morgan fingerprint density at radius 2 is 1.88 bits per heavy atom. The van der Waals surface area contributed by atoms with Crippen LogP contribution in [0.2, 0.25) is 0 Å². The van der Waals surface area contributed by atoms with Crippen LogP contribution in [0.5, 0.6) is 0 Å². The average Bonchev–Trinajstić information content (AvgIpc) is 3.30. The monoisotopic (exact) mass is 354 g/mol. The summed E-state index contributed by atoms with van der Waals surface area (Å²) >= 11 is 0. The molecule has 1 aliphatic heterocycles. The number of hydrogen-bond acceptors (Lipinski definition) is 4. The van der Waals surface area contributed by atoms with Crippen molar-refractivity contribution in [2.24, 2.45) is 5.92 Å². The maximum absolute atomic E-state index is 12.7. The Balaban J connectivity index is 1.43. The van der Waals surface area contributed by atoms with Crippen molar-refractivity contribution < 1.29 is 14.3 Å². The molecule has 1 aromatic heterocycles. The maximum atomic E-state index is 12.7. The van der Waals surface area contributed by atoms with Gasteiger partial charge < -0.3 is 14.8 Å². The molecule has 4 rings (SSSR count). The average molecular weight is 354 g/mol. The lowest BCUT2D eigenvalue weighted by molar-refractivity contribution is 0.0232. The molecule has 5 heteroatoms. The van der Waals surface area contributed by atoms with E-state index in [-0.39, 0.29) is 24.0 Å². The van der Waals surface area contributed by atoms with Crippen LogP contribution in [0.25, 0.3) is 0 Å². The van der Waals surface area contributed by atoms with E-state index in [0.717, 1.165) is 43.8 Å². The number of nitrogens with zero attached hydrogens (tertiary/aromatic N) is 1. The van der Waals surface area contributed by atoms with Gasteiger partial charge >= 0.3 is 0 Å². The molecule has 2 heterocycles. The Kier molecular flexibility index (Phi) is 5.09. The fourth-order valence-electron chi connectivity index (χ4n) is 3.99. The lowest BCUT2D eigenvalue weighted by Gasteiger charge is -2.38. The molecule has 2 N–H and O–H groups in total. The van der Waals surface area contributed by atoms with Gasteiger partial charge in [-0.05, 0) is 62.4 Å². The minimum atomic E-state index is -0.251. The van der Waals surface area contributed by atoms with E-state index in [1.54, 1.807) is 6.07 Å². The van der Waals surface area contributed by atoms with Gasteiger partial charge in [-0.2, -0.15) is 0 Å². The third-order valence-corrected chi connectivity index (χ3v) is 5.53. The van der Waals surface area contributed by atoms with Crippen molar-refractivity contribution in [1.82, 2.24) is 10.2 Å². The molecule has 2 aliphatic rings. The van der Waals surface area contributed by atoms with Gasteiger partial charge in [-0.1, -0.05) is 30.3 Å². The number of hydrogen-bond donors (Lipinski definition) is 2. The predicted octanol–water partition coefficient (Wildman–Crippen LogP) is 3.12. The Hall–Kier alpha value is -2.11. The number of furan rings is 1. The molecular formula is C21H26N2O3. The first-order valence-electron chi connectivity index (χ1n) is 9.54. The number of benzene rings is 1. The fourth-order valence-corrected chi connectivity index (χ4v) is 3.99. The zero-order chi connectivity index (χ0) is 17.9. The summed E-state index contributed by atoms with van der Waals surface area (Å²) in [5, 5.41) is 12.8. The molecule has 0 bridgehead atoms. The summed E-state index contributed by atoms with van der Waals surface area (Å²) in [5.74, 6) is 1.27. The minimum absolute atomic E-state index is 0.0979. The van der Waals surface area contributed by atoms with E-state index in [1.807, 2.05) is 36.4 Å². The molecule has 0 radical (unpaired) electrons. The molecular weight excluding hydrogens is 328 g/mol. The van der Waals surface area contributed by atoms with Crippen LogP contribution in [-0.2, 0) is 6.54 Å². The van der Waals surface area contributed by atoms with Crippen molar-refractivity contribution in [2.75, 3.05) is 13.1 Å². The van der Waals surface area contributed by atoms with Gasteiger partial charge in [-0.15, -0.1) is 0 Å². The topological polar surface area (TPSA) is 65.7 Å². The number of carbonyl (C=O) groups excluding carboxylic acids is 1. The van der Waals surface area contributed by atoms with Crippen molar-refractivity contribution in [3.63, 3.8) is 0 Å². The standard InChI is InChI=1S/C21H26N2O3/c24-17-12-16(13-17)20(15-6-2-1-3-7-15)22-21(25)19-9-8-18(26-19)14-23-10-4-5-11-23/h1-3,6-9,16-17,20,24H,4-5,10-14H2,(H,22,25). The molecule has 1 aliphatic carbocycles. The van der Waals surface area contributed by atoms with E-state index in [9.17, 15) is 9.90 Å². The van der Waals surface area contributed by atoms with Crippen LogP contribution in [0.3, 0.4) is 0 Å². The van der Waals surface area contributed by atoms with Gasteiger partial charge in [0, 0.05) is 0 Å². The molecule has 1 saturated heterocycles. The SMILES string of the molecule is O=C(NC(c1ccccc1)C1CC(O)C1)c1ccc(CN2CCCC2)o1. The molecule has 2 aromatic rings. The normalized spacial score (nSPS) is 24.2. The second-order valence-corrected chi connectivity index (χ2v) is 7.50. The second kappa shape index (κ2) is 7.64. The molecule has 138 valence electrons. The summed E-state index contributed by atoms with van der Waals surface area (Å²) in [4.78, 5) is 15.1. The first kappa shape index (κ1) is 17.3. The van der Waals surface area contributed by atoms with Crippen LogP contribution in [0.4, 0.5) is 0 Å². The number of amides is 1. The van der Waals surface area contributed by atoms with Gasteiger partial charge in [-0.25, -0.2) is 0 Å². The van der Waals surface area contributed by atoms with E-state index < -0.39 is 0 Å². The first-order chi connectivity index (χ1) is 12.7. The van der Waals surface area contributed by atoms with Crippen LogP contribution in [-0.4, -0.2) is 35.1 Å². The highest BCUT2D eigenvalue weighted by molar-refractivity contribution is 5.91. The van der Waals surface area contributed by atoms with Gasteiger partial charge in [0.05, 0.1) is 18.7 Å². The van der Waals surface area contributed by atoms with Crippen molar-refractivity contribution in [1.29, 1.82) is 0 Å². The highest BCUT2D eigenvalue weighted by Crippen LogP contribution is 2.38. The highest BCUT2D eigenvalue weighted by Gasteiger charge is 2.36. The quantitative estimate of drug-likeness (QED) is 0.836. The number of likely N-dealkylation sites (tertiary alicyclic amines) is 1. The number of carbonyl (C=O) groups is 1. The van der Waals surface area contributed by atoms with Crippen LogP contribution in [0.15, 0.2) is 46.9 Å². The number of aliphatic hydroxyl groups excluding tert-OH is 1. The largest absolute Gasteiger partial charge is 0.455 e. The summed E-state index contributed by atoms with van der Waals surface area (Å²) in [5.41, 5.74) is 1.07. The van der Waals surface area contributed by atoms with Crippen molar-refractivity contribution in [3.05, 3.63) is 59.5 Å². The van der Waals surface area contributed by atoms with Crippen LogP contribution >= 0.6 is 0 Å². The van der Waals surface area contributed by atoms with Gasteiger partial charge in [0.1, 0.15) is 5.76 Å². The smallest absolute Gasteiger partial charge is 0.287 e. The first-order valence-corrected chi connectivity index (χ1v) is 9.54. The van der Waals surface area contributed by atoms with Crippen molar-refractivity contribution >= 4 is 5.91 Å². The van der Waals surface area contributed by atoms with Gasteiger partial charge in [0.15, 0.2) is 5.76 Å². The zero-order valence-electron chi connectivity index (χ0n) is 14.9. The molecule has 1 atom stereocenters. The second-order valence-electron chi connectivity index (χ2n) is 7.50. The highest BCUT2D eigenvalue weighted by atomic mass is 16.4. The molecule has 26 heavy (non-hydrogen) atoms. The van der Waals surface area contributed by atoms with E-state index in [4.69, 9.17) is 4.42 Å². The molecule has 1 unspecified atom stereocenters. The Bertz CT molecular complexity index is 731. The number of nitrogens with one attached hydrogen (secondary N) is 1. The van der Waals surface area contributed by atoms with Crippen LogP contribution in [0, 0.1) is 5.92 Å². The molecule has 5 nitrogen and oxygen atoms in total. The number of aliphatic hydroxyl groups is 1. The Labute approximate surface area is 154 Å². The molecule has 2 fully saturated rings. The lowest BCUT2D eigenvalue weighted by Crippen LogP contribution is -2.41. The summed E-state index contributed by atoms with van der Waals surface area (Å²) in [6.07, 6.45) is 3.66. The van der Waals surface area contributed by atoms with Gasteiger partial charge in [0.25, 0.3) is 5.91 Å². The molecule has 0 spiro atoms. The van der Waals surface area contributed by atoms with Crippen LogP contribution < -0.4 is 5.32 Å². The Morgan fingerprint density at radius 1 is 1.15 bits per heavy atom. The van der Waals surface area contributed by atoms with E-state index in [0.29, 0.717) is 5.76 Å². The fraction of sp³-hybridized carbons (Fsp3) is 0.476. The number of rotatable bonds is 6. The molecule has 1 aromatic carbocycles. The third kappa shape index (κ3) is 3.84. The van der Waals surface area contributed by atoms with Crippen molar-refractivity contribution in [2.45, 2.75) is 44.4 Å². The summed E-state index contributed by atoms with van der Waals surface area (Å²) < 4.78 is 5.79. The van der Waals surface area contributed by atoms with Gasteiger partial charge in [-0.3, -0.25) is 9.69 Å². The third-order valence-electron chi connectivity index (χ3n) is 5.53. The van der Waals surface area contributed by atoms with Gasteiger partial charge in [0.2, 0.25) is 0 Å². The van der Waals surface area contributed by atoms with E-state index in [1.165, 1.54) is 12.8 Å². The van der Waals surface area contributed by atoms with E-state index in [2.05, 4.69) is 10.2 Å². The summed E-state index contributed by atoms with van der Waals surface area (Å²) in [6.45, 7) is 2.97. The summed E-state index contributed by atoms with van der Waals surface area (Å²) in [6, 6.07) is 13.5. The maximum Gasteiger partial charge on any atom is 0.287 e. The lowest BCUT2D eigenvalue weighted by atomic mass is 9.75. The van der Waals surface area contributed by atoms with Crippen LogP contribution in [0.1, 0.15) is 53.6 Å². The predicted molar refractivity (Wildman–Crippen MR) is 98.6 cm³/mol. The zero-order valence-corrected chi connectivity index (χ0v) is 14.9. The Morgan fingerprint density at radius 3 is 2.58 bits per heavy atom. The summed E-state index contributed by atoms with van der Waals surface area (Å²) in [7, 11) is 0. The van der Waals surface area contributed by atoms with E-state index >= 15 is 0 Å². The van der Waals surface area contributed by atoms with Crippen molar-refractivity contribution in [3.8, 4) is 0 Å². The molecule has 1 saturated carbocycles.